The first-order valence-electron chi connectivity index (χ1n) is 8.53. The number of rotatable bonds is 6. The number of aliphatic imine (C=N–C) groups is 1. The lowest BCUT2D eigenvalue weighted by atomic mass is 10.0. The Bertz CT molecular complexity index is 484. The fourth-order valence-corrected chi connectivity index (χ4v) is 3.03. The van der Waals surface area contributed by atoms with Crippen LogP contribution in [-0.4, -0.2) is 36.5 Å². The highest BCUT2D eigenvalue weighted by atomic mass is 15.2. The molecule has 1 aromatic carbocycles. The SMILES string of the molecule is Cc1cccc(NC(N)=NCCCCN2CCCCC2C)c1. The summed E-state index contributed by atoms with van der Waals surface area (Å²) in [6, 6.07) is 8.92. The molecule has 1 aliphatic heterocycles. The summed E-state index contributed by atoms with van der Waals surface area (Å²) in [5, 5.41) is 3.15. The summed E-state index contributed by atoms with van der Waals surface area (Å²) in [7, 11) is 0. The number of hydrogen-bond donors (Lipinski definition) is 2. The van der Waals surface area contributed by atoms with Crippen molar-refractivity contribution >= 4 is 11.6 Å². The predicted molar refractivity (Wildman–Crippen MR) is 95.4 cm³/mol. The Morgan fingerprint density at radius 2 is 2.23 bits per heavy atom. The van der Waals surface area contributed by atoms with Crippen molar-refractivity contribution in [3.8, 4) is 0 Å². The summed E-state index contributed by atoms with van der Waals surface area (Å²) >= 11 is 0. The molecule has 4 heteroatoms. The molecule has 1 saturated heterocycles. The lowest BCUT2D eigenvalue weighted by Crippen LogP contribution is -2.38. The Labute approximate surface area is 134 Å². The van der Waals surface area contributed by atoms with Gasteiger partial charge in [-0.05, 0) is 70.3 Å². The highest BCUT2D eigenvalue weighted by Gasteiger charge is 2.16. The highest BCUT2D eigenvalue weighted by molar-refractivity contribution is 5.92. The number of nitrogens with zero attached hydrogens (tertiary/aromatic N) is 2. The fourth-order valence-electron chi connectivity index (χ4n) is 3.03. The minimum absolute atomic E-state index is 0.511. The summed E-state index contributed by atoms with van der Waals surface area (Å²) in [6.45, 7) is 7.68. The molecule has 0 amide bonds. The summed E-state index contributed by atoms with van der Waals surface area (Å²) < 4.78 is 0. The maximum absolute atomic E-state index is 5.93. The molecular weight excluding hydrogens is 272 g/mol. The second-order valence-corrected chi connectivity index (χ2v) is 6.35. The van der Waals surface area contributed by atoms with E-state index in [2.05, 4.69) is 41.2 Å². The van der Waals surface area contributed by atoms with E-state index in [1.807, 2.05) is 12.1 Å². The minimum atomic E-state index is 0.511. The van der Waals surface area contributed by atoms with Crippen LogP contribution in [0.3, 0.4) is 0 Å². The van der Waals surface area contributed by atoms with E-state index in [1.54, 1.807) is 0 Å². The second-order valence-electron chi connectivity index (χ2n) is 6.35. The molecule has 1 unspecified atom stereocenters. The van der Waals surface area contributed by atoms with Gasteiger partial charge in [0.05, 0.1) is 0 Å². The van der Waals surface area contributed by atoms with E-state index in [1.165, 1.54) is 44.3 Å². The fraction of sp³-hybridized carbons (Fsp3) is 0.611. The van der Waals surface area contributed by atoms with Crippen molar-refractivity contribution in [3.05, 3.63) is 29.8 Å². The minimum Gasteiger partial charge on any atom is -0.370 e. The number of likely N-dealkylation sites (tertiary alicyclic amines) is 1. The molecule has 1 atom stereocenters. The second kappa shape index (κ2) is 8.79. The Morgan fingerprint density at radius 1 is 1.36 bits per heavy atom. The van der Waals surface area contributed by atoms with Crippen molar-refractivity contribution in [3.63, 3.8) is 0 Å². The highest BCUT2D eigenvalue weighted by Crippen LogP contribution is 2.16. The van der Waals surface area contributed by atoms with Crippen molar-refractivity contribution in [2.24, 2.45) is 10.7 Å². The maximum Gasteiger partial charge on any atom is 0.193 e. The molecule has 0 saturated carbocycles. The van der Waals surface area contributed by atoms with Crippen LogP contribution in [0.4, 0.5) is 5.69 Å². The van der Waals surface area contributed by atoms with E-state index < -0.39 is 0 Å². The molecule has 0 bridgehead atoms. The zero-order valence-electron chi connectivity index (χ0n) is 14.0. The molecule has 122 valence electrons. The molecule has 1 heterocycles. The third-order valence-electron chi connectivity index (χ3n) is 4.37. The molecule has 2 rings (SSSR count). The van der Waals surface area contributed by atoms with E-state index in [-0.39, 0.29) is 0 Å². The van der Waals surface area contributed by atoms with Crippen LogP contribution >= 0.6 is 0 Å². The van der Waals surface area contributed by atoms with Crippen LogP contribution in [-0.2, 0) is 0 Å². The van der Waals surface area contributed by atoms with Gasteiger partial charge in [0.1, 0.15) is 0 Å². The smallest absolute Gasteiger partial charge is 0.193 e. The molecule has 22 heavy (non-hydrogen) atoms. The van der Waals surface area contributed by atoms with Gasteiger partial charge in [0.15, 0.2) is 5.96 Å². The van der Waals surface area contributed by atoms with E-state index in [9.17, 15) is 0 Å². The van der Waals surface area contributed by atoms with Crippen LogP contribution in [0.5, 0.6) is 0 Å². The lowest BCUT2D eigenvalue weighted by molar-refractivity contribution is 0.158. The van der Waals surface area contributed by atoms with E-state index in [0.717, 1.165) is 24.7 Å². The summed E-state index contributed by atoms with van der Waals surface area (Å²) in [5.41, 5.74) is 8.15. The van der Waals surface area contributed by atoms with Gasteiger partial charge in [-0.25, -0.2) is 0 Å². The van der Waals surface area contributed by atoms with Crippen molar-refractivity contribution in [2.75, 3.05) is 25.0 Å². The van der Waals surface area contributed by atoms with Gasteiger partial charge in [-0.1, -0.05) is 18.6 Å². The van der Waals surface area contributed by atoms with Crippen LogP contribution in [0.2, 0.25) is 0 Å². The third-order valence-corrected chi connectivity index (χ3v) is 4.37. The lowest BCUT2D eigenvalue weighted by Gasteiger charge is -2.33. The molecule has 0 radical (unpaired) electrons. The molecule has 4 nitrogen and oxygen atoms in total. The molecule has 1 aromatic rings. The predicted octanol–water partition coefficient (Wildman–Crippen LogP) is 3.38. The average molecular weight is 302 g/mol. The molecule has 1 aliphatic rings. The largest absolute Gasteiger partial charge is 0.370 e. The quantitative estimate of drug-likeness (QED) is 0.481. The zero-order valence-corrected chi connectivity index (χ0v) is 14.0. The van der Waals surface area contributed by atoms with Gasteiger partial charge in [0.25, 0.3) is 0 Å². The van der Waals surface area contributed by atoms with Gasteiger partial charge in [0, 0.05) is 18.3 Å². The zero-order chi connectivity index (χ0) is 15.8. The molecule has 0 aliphatic carbocycles. The Balaban J connectivity index is 1.64. The molecule has 3 N–H and O–H groups in total. The van der Waals surface area contributed by atoms with E-state index in [4.69, 9.17) is 5.73 Å². The van der Waals surface area contributed by atoms with E-state index >= 15 is 0 Å². The maximum atomic E-state index is 5.93. The van der Waals surface area contributed by atoms with Gasteiger partial charge in [-0.2, -0.15) is 0 Å². The number of nitrogens with two attached hydrogens (primary N) is 1. The van der Waals surface area contributed by atoms with Crippen molar-refractivity contribution in [1.82, 2.24) is 4.90 Å². The summed E-state index contributed by atoms with van der Waals surface area (Å²) in [6.07, 6.45) is 6.40. The Morgan fingerprint density at radius 3 is 3.00 bits per heavy atom. The third kappa shape index (κ3) is 5.68. The number of piperidine rings is 1. The first kappa shape index (κ1) is 16.8. The van der Waals surface area contributed by atoms with Crippen molar-refractivity contribution < 1.29 is 0 Å². The topological polar surface area (TPSA) is 53.6 Å². The monoisotopic (exact) mass is 302 g/mol. The van der Waals surface area contributed by atoms with Crippen LogP contribution in [0, 0.1) is 6.92 Å². The van der Waals surface area contributed by atoms with Crippen LogP contribution < -0.4 is 11.1 Å². The van der Waals surface area contributed by atoms with Crippen LogP contribution in [0.1, 0.15) is 44.6 Å². The van der Waals surface area contributed by atoms with Crippen molar-refractivity contribution in [1.29, 1.82) is 0 Å². The van der Waals surface area contributed by atoms with E-state index in [0.29, 0.717) is 5.96 Å². The average Bonchev–Trinajstić information content (AvgIpc) is 2.48. The number of aryl methyl sites for hydroxylation is 1. The van der Waals surface area contributed by atoms with Gasteiger partial charge in [-0.15, -0.1) is 0 Å². The molecule has 0 aromatic heterocycles. The number of anilines is 1. The summed E-state index contributed by atoms with van der Waals surface area (Å²) in [4.78, 5) is 7.03. The number of hydrogen-bond acceptors (Lipinski definition) is 2. The van der Waals surface area contributed by atoms with Crippen LogP contribution in [0.25, 0.3) is 0 Å². The normalized spacial score (nSPS) is 20.1. The number of unbranched alkanes of at least 4 members (excludes halogenated alkanes) is 1. The number of guanidine groups is 1. The number of benzene rings is 1. The van der Waals surface area contributed by atoms with Crippen molar-refractivity contribution in [2.45, 2.75) is 52.0 Å². The number of nitrogens with one attached hydrogen (secondary N) is 1. The van der Waals surface area contributed by atoms with Gasteiger partial charge in [-0.3, -0.25) is 4.99 Å². The van der Waals surface area contributed by atoms with Gasteiger partial charge in [0.2, 0.25) is 0 Å². The molecule has 1 fully saturated rings. The van der Waals surface area contributed by atoms with Gasteiger partial charge < -0.3 is 16.0 Å². The first-order chi connectivity index (χ1) is 10.6. The first-order valence-corrected chi connectivity index (χ1v) is 8.53. The molecular formula is C18H30N4. The standard InChI is InChI=1S/C18H30N4/c1-15-8-7-10-17(14-15)21-18(19)20-11-4-6-13-22-12-5-3-9-16(22)2/h7-8,10,14,16H,3-6,9,11-13H2,1-2H3,(H3,19,20,21). The Kier molecular flexibility index (Phi) is 6.72. The molecule has 0 spiro atoms. The summed E-state index contributed by atoms with van der Waals surface area (Å²) in [5.74, 6) is 0.511. The van der Waals surface area contributed by atoms with Crippen LogP contribution in [0.15, 0.2) is 29.3 Å². The Hall–Kier alpha value is -1.55. The van der Waals surface area contributed by atoms with Gasteiger partial charge >= 0.3 is 0 Å².